The molecule has 4 aliphatic carbocycles. The lowest BCUT2D eigenvalue weighted by Crippen LogP contribution is -2.51. The Morgan fingerprint density at radius 2 is 1.88 bits per heavy atom. The molecule has 0 aromatic rings. The van der Waals surface area contributed by atoms with Crippen LogP contribution in [0.15, 0.2) is 23.3 Å². The van der Waals surface area contributed by atoms with Crippen LogP contribution >= 0.6 is 0 Å². The molecule has 0 saturated heterocycles. The van der Waals surface area contributed by atoms with E-state index in [0.717, 1.165) is 25.7 Å². The zero-order chi connectivity index (χ0) is 17.3. The fourth-order valence-corrected chi connectivity index (χ4v) is 6.03. The summed E-state index contributed by atoms with van der Waals surface area (Å²) in [5.41, 5.74) is 0.724. The average molecular weight is 334 g/mol. The van der Waals surface area contributed by atoms with Crippen LogP contribution in [0.1, 0.15) is 52.4 Å². The Kier molecular flexibility index (Phi) is 3.78. The molecular formula is C20H30O4. The van der Waals surface area contributed by atoms with Gasteiger partial charge in [0, 0.05) is 5.41 Å². The SMILES string of the molecule is CC1CC2(O)CCC3C(=CCC4(C)C(O)CCC34)C=C2C(O)C1O. The maximum absolute atomic E-state index is 11.2. The Balaban J connectivity index is 1.73. The van der Waals surface area contributed by atoms with Gasteiger partial charge < -0.3 is 20.4 Å². The van der Waals surface area contributed by atoms with Gasteiger partial charge in [0.15, 0.2) is 0 Å². The number of aliphatic hydroxyl groups excluding tert-OH is 3. The number of hydrogen-bond donors (Lipinski definition) is 4. The number of fused-ring (bicyclic) bond motifs is 4. The molecule has 8 unspecified atom stereocenters. The first-order valence-corrected chi connectivity index (χ1v) is 9.45. The second-order valence-corrected chi connectivity index (χ2v) is 9.01. The number of rotatable bonds is 0. The number of allylic oxidation sites excluding steroid dienone is 3. The molecule has 24 heavy (non-hydrogen) atoms. The molecule has 4 heteroatoms. The quantitative estimate of drug-likeness (QED) is 0.546. The molecule has 0 heterocycles. The largest absolute Gasteiger partial charge is 0.393 e. The van der Waals surface area contributed by atoms with Crippen LogP contribution in [-0.2, 0) is 0 Å². The third-order valence-electron chi connectivity index (χ3n) is 7.66. The van der Waals surface area contributed by atoms with Gasteiger partial charge in [-0.25, -0.2) is 0 Å². The molecule has 4 aliphatic rings. The van der Waals surface area contributed by atoms with Crippen molar-refractivity contribution in [2.45, 2.75) is 76.3 Å². The minimum atomic E-state index is -1.01. The standard InChI is InChI=1S/C20H30O4/c1-11-10-20(24)8-6-13-12(9-15(20)18(23)17(11)22)5-7-19(2)14(13)3-4-16(19)21/h5,9,11,13-14,16-18,21-24H,3-4,6-8,10H2,1-2H3. The highest BCUT2D eigenvalue weighted by Gasteiger charge is 2.54. The fourth-order valence-electron chi connectivity index (χ4n) is 6.03. The number of hydrogen-bond acceptors (Lipinski definition) is 4. The molecule has 0 aromatic carbocycles. The van der Waals surface area contributed by atoms with E-state index < -0.39 is 17.8 Å². The summed E-state index contributed by atoms with van der Waals surface area (Å²) in [5.74, 6) is 0.657. The van der Waals surface area contributed by atoms with Crippen LogP contribution in [0.5, 0.6) is 0 Å². The zero-order valence-corrected chi connectivity index (χ0v) is 14.7. The van der Waals surface area contributed by atoms with Gasteiger partial charge in [-0.3, -0.25) is 0 Å². The van der Waals surface area contributed by atoms with Crippen LogP contribution in [0, 0.1) is 23.2 Å². The van der Waals surface area contributed by atoms with Crippen molar-refractivity contribution in [3.63, 3.8) is 0 Å². The Morgan fingerprint density at radius 1 is 1.12 bits per heavy atom. The van der Waals surface area contributed by atoms with Gasteiger partial charge in [-0.2, -0.15) is 0 Å². The van der Waals surface area contributed by atoms with Crippen LogP contribution in [0.4, 0.5) is 0 Å². The topological polar surface area (TPSA) is 80.9 Å². The van der Waals surface area contributed by atoms with Gasteiger partial charge in [0.25, 0.3) is 0 Å². The zero-order valence-electron chi connectivity index (χ0n) is 14.7. The summed E-state index contributed by atoms with van der Waals surface area (Å²) in [6, 6.07) is 0. The Hall–Kier alpha value is -0.680. The van der Waals surface area contributed by atoms with Crippen molar-refractivity contribution < 1.29 is 20.4 Å². The average Bonchev–Trinajstić information content (AvgIpc) is 2.74. The van der Waals surface area contributed by atoms with E-state index in [0.29, 0.717) is 30.3 Å². The van der Waals surface area contributed by atoms with E-state index in [9.17, 15) is 20.4 Å². The summed E-state index contributed by atoms with van der Waals surface area (Å²) < 4.78 is 0. The van der Waals surface area contributed by atoms with Gasteiger partial charge in [0.05, 0.1) is 17.8 Å². The summed E-state index contributed by atoms with van der Waals surface area (Å²) >= 11 is 0. The first-order valence-electron chi connectivity index (χ1n) is 9.45. The molecule has 2 saturated carbocycles. The Bertz CT molecular complexity index is 596. The van der Waals surface area contributed by atoms with Crippen molar-refractivity contribution in [1.82, 2.24) is 0 Å². The highest BCUT2D eigenvalue weighted by Crippen LogP contribution is 2.57. The molecule has 0 spiro atoms. The van der Waals surface area contributed by atoms with Crippen LogP contribution in [0.3, 0.4) is 0 Å². The maximum Gasteiger partial charge on any atom is 0.104 e. The van der Waals surface area contributed by atoms with E-state index in [-0.39, 0.29) is 17.4 Å². The summed E-state index contributed by atoms with van der Waals surface area (Å²) in [5, 5.41) is 42.5. The molecule has 4 rings (SSSR count). The molecule has 0 radical (unpaired) electrons. The number of aliphatic hydroxyl groups is 4. The molecule has 0 aliphatic heterocycles. The van der Waals surface area contributed by atoms with Gasteiger partial charge in [0.2, 0.25) is 0 Å². The summed E-state index contributed by atoms with van der Waals surface area (Å²) in [7, 11) is 0. The van der Waals surface area contributed by atoms with Crippen LogP contribution < -0.4 is 0 Å². The molecule has 134 valence electrons. The molecule has 4 N–H and O–H groups in total. The predicted octanol–water partition coefficient (Wildman–Crippen LogP) is 1.92. The molecular weight excluding hydrogens is 304 g/mol. The Morgan fingerprint density at radius 3 is 2.62 bits per heavy atom. The molecule has 0 bridgehead atoms. The van der Waals surface area contributed by atoms with Gasteiger partial charge in [0.1, 0.15) is 6.10 Å². The van der Waals surface area contributed by atoms with Gasteiger partial charge in [-0.15, -0.1) is 0 Å². The molecule has 0 amide bonds. The molecule has 2 fully saturated rings. The lowest BCUT2D eigenvalue weighted by Gasteiger charge is -2.43. The van der Waals surface area contributed by atoms with Crippen molar-refractivity contribution in [2.75, 3.05) is 0 Å². The highest BCUT2D eigenvalue weighted by molar-refractivity contribution is 5.40. The predicted molar refractivity (Wildman–Crippen MR) is 91.1 cm³/mol. The lowest BCUT2D eigenvalue weighted by atomic mass is 9.63. The van der Waals surface area contributed by atoms with Gasteiger partial charge in [-0.1, -0.05) is 26.0 Å². The smallest absolute Gasteiger partial charge is 0.104 e. The van der Waals surface area contributed by atoms with Crippen molar-refractivity contribution in [1.29, 1.82) is 0 Å². The van der Waals surface area contributed by atoms with E-state index >= 15 is 0 Å². The summed E-state index contributed by atoms with van der Waals surface area (Å²) in [6.45, 7) is 4.09. The van der Waals surface area contributed by atoms with Crippen LogP contribution in [0.2, 0.25) is 0 Å². The maximum atomic E-state index is 11.2. The minimum Gasteiger partial charge on any atom is -0.393 e. The van der Waals surface area contributed by atoms with Crippen molar-refractivity contribution >= 4 is 0 Å². The molecule has 0 aromatic heterocycles. The van der Waals surface area contributed by atoms with E-state index in [1.54, 1.807) is 0 Å². The highest BCUT2D eigenvalue weighted by atomic mass is 16.3. The first kappa shape index (κ1) is 16.8. The van der Waals surface area contributed by atoms with Crippen molar-refractivity contribution in [3.8, 4) is 0 Å². The van der Waals surface area contributed by atoms with E-state index in [1.165, 1.54) is 5.57 Å². The van der Waals surface area contributed by atoms with Crippen LogP contribution in [0.25, 0.3) is 0 Å². The Labute approximate surface area is 143 Å². The van der Waals surface area contributed by atoms with Gasteiger partial charge >= 0.3 is 0 Å². The normalized spacial score (nSPS) is 54.1. The third kappa shape index (κ3) is 2.20. The monoisotopic (exact) mass is 334 g/mol. The second kappa shape index (κ2) is 5.41. The van der Waals surface area contributed by atoms with Crippen molar-refractivity contribution in [3.05, 3.63) is 23.3 Å². The fraction of sp³-hybridized carbons (Fsp3) is 0.800. The summed E-state index contributed by atoms with van der Waals surface area (Å²) in [6.07, 6.45) is 6.88. The lowest BCUT2D eigenvalue weighted by molar-refractivity contribution is -0.0827. The van der Waals surface area contributed by atoms with Crippen LogP contribution in [-0.4, -0.2) is 44.3 Å². The van der Waals surface area contributed by atoms with E-state index in [2.05, 4.69) is 13.0 Å². The van der Waals surface area contributed by atoms with Gasteiger partial charge in [-0.05, 0) is 67.4 Å². The van der Waals surface area contributed by atoms with E-state index in [4.69, 9.17) is 0 Å². The second-order valence-electron chi connectivity index (χ2n) is 9.01. The first-order chi connectivity index (χ1) is 11.3. The van der Waals surface area contributed by atoms with E-state index in [1.807, 2.05) is 13.0 Å². The molecule has 4 nitrogen and oxygen atoms in total. The molecule has 8 atom stereocenters. The minimum absolute atomic E-state index is 0.0593. The summed E-state index contributed by atoms with van der Waals surface area (Å²) in [4.78, 5) is 0. The van der Waals surface area contributed by atoms with Crippen molar-refractivity contribution in [2.24, 2.45) is 23.2 Å². The third-order valence-corrected chi connectivity index (χ3v) is 7.66.